The molecule has 0 saturated carbocycles. The molecule has 1 fully saturated rings. The summed E-state index contributed by atoms with van der Waals surface area (Å²) in [6.45, 7) is 4.05. The van der Waals surface area contributed by atoms with E-state index in [9.17, 15) is 4.79 Å². The number of amides is 1. The van der Waals surface area contributed by atoms with Crippen LogP contribution in [-0.4, -0.2) is 29.6 Å². The predicted octanol–water partition coefficient (Wildman–Crippen LogP) is 2.35. The van der Waals surface area contributed by atoms with Gasteiger partial charge in [-0.2, -0.15) is 12.6 Å². The molecule has 0 N–H and O–H groups in total. The second kappa shape index (κ2) is 6.33. The first-order valence-corrected chi connectivity index (χ1v) is 6.29. The van der Waals surface area contributed by atoms with Crippen molar-refractivity contribution >= 4 is 18.5 Å². The Morgan fingerprint density at radius 2 is 2.21 bits per heavy atom. The highest BCUT2D eigenvalue weighted by Crippen LogP contribution is 2.14. The van der Waals surface area contributed by atoms with Gasteiger partial charge in [0.25, 0.3) is 0 Å². The van der Waals surface area contributed by atoms with E-state index in [1.165, 1.54) is 12.8 Å². The average molecular weight is 215 g/mol. The molecular weight excluding hydrogens is 194 g/mol. The molecule has 0 aliphatic carbocycles. The first-order chi connectivity index (χ1) is 6.77. The van der Waals surface area contributed by atoms with Crippen LogP contribution in [0.15, 0.2) is 0 Å². The number of hydrogen-bond donors (Lipinski definition) is 1. The molecule has 0 radical (unpaired) electrons. The molecule has 14 heavy (non-hydrogen) atoms. The van der Waals surface area contributed by atoms with Crippen LogP contribution in [0.5, 0.6) is 0 Å². The van der Waals surface area contributed by atoms with Crippen LogP contribution in [0, 0.1) is 5.92 Å². The molecule has 0 aromatic carbocycles. The summed E-state index contributed by atoms with van der Waals surface area (Å²) >= 11 is 4.31. The second-order valence-corrected chi connectivity index (χ2v) is 4.47. The summed E-state index contributed by atoms with van der Waals surface area (Å²) in [6, 6.07) is 0. The van der Waals surface area contributed by atoms with Crippen LogP contribution in [-0.2, 0) is 4.79 Å². The molecule has 1 rings (SSSR count). The van der Waals surface area contributed by atoms with Crippen LogP contribution >= 0.6 is 12.6 Å². The number of carbonyl (C=O) groups is 1. The number of thiol groups is 1. The van der Waals surface area contributed by atoms with Gasteiger partial charge >= 0.3 is 0 Å². The minimum absolute atomic E-state index is 0.350. The smallest absolute Gasteiger partial charge is 0.222 e. The number of rotatable bonds is 4. The largest absolute Gasteiger partial charge is 0.342 e. The molecular formula is C11H21NOS. The molecule has 0 bridgehead atoms. The molecule has 0 spiro atoms. The van der Waals surface area contributed by atoms with Gasteiger partial charge in [-0.3, -0.25) is 4.79 Å². The zero-order valence-electron chi connectivity index (χ0n) is 9.04. The van der Waals surface area contributed by atoms with Gasteiger partial charge in [0.1, 0.15) is 0 Å². The highest BCUT2D eigenvalue weighted by atomic mass is 32.1. The Kier molecular flexibility index (Phi) is 5.38. The first-order valence-electron chi connectivity index (χ1n) is 5.66. The SMILES string of the molecule is CCC(CS)CN1CCCCCC1=O. The second-order valence-electron chi connectivity index (χ2n) is 4.11. The Morgan fingerprint density at radius 1 is 1.43 bits per heavy atom. The van der Waals surface area contributed by atoms with Crippen molar-refractivity contribution in [2.24, 2.45) is 5.92 Å². The van der Waals surface area contributed by atoms with Gasteiger partial charge in [-0.15, -0.1) is 0 Å². The Bertz CT molecular complexity index is 180. The fourth-order valence-corrected chi connectivity index (χ4v) is 2.23. The molecule has 2 nitrogen and oxygen atoms in total. The van der Waals surface area contributed by atoms with E-state index in [1.807, 2.05) is 4.90 Å². The van der Waals surface area contributed by atoms with Gasteiger partial charge in [0.2, 0.25) is 5.91 Å². The van der Waals surface area contributed by atoms with Gasteiger partial charge in [0, 0.05) is 19.5 Å². The molecule has 1 saturated heterocycles. The lowest BCUT2D eigenvalue weighted by Gasteiger charge is -2.24. The van der Waals surface area contributed by atoms with Crippen LogP contribution < -0.4 is 0 Å². The van der Waals surface area contributed by atoms with Gasteiger partial charge in [-0.1, -0.05) is 19.8 Å². The maximum Gasteiger partial charge on any atom is 0.222 e. The molecule has 1 aliphatic heterocycles. The van der Waals surface area contributed by atoms with Crippen molar-refractivity contribution in [1.29, 1.82) is 0 Å². The summed E-state index contributed by atoms with van der Waals surface area (Å²) in [6.07, 6.45) is 5.33. The van der Waals surface area contributed by atoms with Crippen LogP contribution in [0.3, 0.4) is 0 Å². The maximum atomic E-state index is 11.7. The fourth-order valence-electron chi connectivity index (χ4n) is 1.86. The Labute approximate surface area is 92.5 Å². The van der Waals surface area contributed by atoms with Crippen LogP contribution in [0.25, 0.3) is 0 Å². The molecule has 3 heteroatoms. The van der Waals surface area contributed by atoms with E-state index >= 15 is 0 Å². The van der Waals surface area contributed by atoms with E-state index in [-0.39, 0.29) is 0 Å². The van der Waals surface area contributed by atoms with Gasteiger partial charge in [-0.05, 0) is 24.5 Å². The summed E-state index contributed by atoms with van der Waals surface area (Å²) < 4.78 is 0. The maximum absolute atomic E-state index is 11.7. The van der Waals surface area contributed by atoms with Crippen molar-refractivity contribution in [2.45, 2.75) is 39.0 Å². The topological polar surface area (TPSA) is 20.3 Å². The van der Waals surface area contributed by atoms with Crippen LogP contribution in [0.2, 0.25) is 0 Å². The average Bonchev–Trinajstić information content (AvgIpc) is 2.40. The fraction of sp³-hybridized carbons (Fsp3) is 0.909. The Morgan fingerprint density at radius 3 is 2.86 bits per heavy atom. The summed E-state index contributed by atoms with van der Waals surface area (Å²) in [5.41, 5.74) is 0. The number of hydrogen-bond acceptors (Lipinski definition) is 2. The summed E-state index contributed by atoms with van der Waals surface area (Å²) in [7, 11) is 0. The van der Waals surface area contributed by atoms with Gasteiger partial charge < -0.3 is 4.90 Å². The van der Waals surface area contributed by atoms with Crippen molar-refractivity contribution in [3.63, 3.8) is 0 Å². The summed E-state index contributed by atoms with van der Waals surface area (Å²) in [5, 5.41) is 0. The van der Waals surface area contributed by atoms with Crippen LogP contribution in [0.1, 0.15) is 39.0 Å². The lowest BCUT2D eigenvalue weighted by molar-refractivity contribution is -0.131. The molecule has 1 heterocycles. The summed E-state index contributed by atoms with van der Waals surface area (Å²) in [4.78, 5) is 13.7. The zero-order valence-corrected chi connectivity index (χ0v) is 9.93. The molecule has 0 aromatic rings. The van der Waals surface area contributed by atoms with Crippen molar-refractivity contribution in [3.05, 3.63) is 0 Å². The van der Waals surface area contributed by atoms with Crippen molar-refractivity contribution < 1.29 is 4.79 Å². The van der Waals surface area contributed by atoms with Crippen LogP contribution in [0.4, 0.5) is 0 Å². The lowest BCUT2D eigenvalue weighted by atomic mass is 10.1. The van der Waals surface area contributed by atoms with Crippen molar-refractivity contribution in [1.82, 2.24) is 4.90 Å². The molecule has 1 unspecified atom stereocenters. The Balaban J connectivity index is 2.43. The number of likely N-dealkylation sites (tertiary alicyclic amines) is 1. The van der Waals surface area contributed by atoms with E-state index in [0.29, 0.717) is 11.8 Å². The summed E-state index contributed by atoms with van der Waals surface area (Å²) in [5.74, 6) is 1.81. The third kappa shape index (κ3) is 3.52. The molecule has 1 aliphatic rings. The molecule has 1 atom stereocenters. The minimum Gasteiger partial charge on any atom is -0.342 e. The van der Waals surface area contributed by atoms with Crippen molar-refractivity contribution in [2.75, 3.05) is 18.8 Å². The minimum atomic E-state index is 0.350. The quantitative estimate of drug-likeness (QED) is 0.714. The van der Waals surface area contributed by atoms with Crippen molar-refractivity contribution in [3.8, 4) is 0 Å². The predicted molar refractivity (Wildman–Crippen MR) is 62.7 cm³/mol. The van der Waals surface area contributed by atoms with E-state index in [2.05, 4.69) is 19.6 Å². The lowest BCUT2D eigenvalue weighted by Crippen LogP contribution is -2.35. The monoisotopic (exact) mass is 215 g/mol. The third-order valence-corrected chi connectivity index (χ3v) is 3.50. The highest BCUT2D eigenvalue weighted by Gasteiger charge is 2.18. The molecule has 82 valence electrons. The van der Waals surface area contributed by atoms with E-state index in [0.717, 1.165) is 38.1 Å². The zero-order chi connectivity index (χ0) is 10.4. The van der Waals surface area contributed by atoms with E-state index in [1.54, 1.807) is 0 Å². The van der Waals surface area contributed by atoms with E-state index in [4.69, 9.17) is 0 Å². The highest BCUT2D eigenvalue weighted by molar-refractivity contribution is 7.80. The standard InChI is InChI=1S/C11H21NOS/c1-2-10(9-14)8-12-7-5-3-4-6-11(12)13/h10,14H,2-9H2,1H3. The third-order valence-electron chi connectivity index (χ3n) is 2.99. The first kappa shape index (κ1) is 11.9. The molecule has 1 amide bonds. The normalized spacial score (nSPS) is 20.7. The van der Waals surface area contributed by atoms with Gasteiger partial charge in [-0.25, -0.2) is 0 Å². The Hall–Kier alpha value is -0.180. The van der Waals surface area contributed by atoms with E-state index < -0.39 is 0 Å². The molecule has 0 aromatic heterocycles. The van der Waals surface area contributed by atoms with Gasteiger partial charge in [0.05, 0.1) is 0 Å². The number of carbonyl (C=O) groups excluding carboxylic acids is 1. The van der Waals surface area contributed by atoms with Gasteiger partial charge in [0.15, 0.2) is 0 Å². The number of nitrogens with zero attached hydrogens (tertiary/aromatic N) is 1.